The Balaban J connectivity index is 1.04. The topological polar surface area (TPSA) is 152 Å². The number of carbonyl (C=O) groups excluding carboxylic acids is 1. The van der Waals surface area contributed by atoms with Crippen molar-refractivity contribution >= 4 is 22.9 Å². The van der Waals surface area contributed by atoms with E-state index in [2.05, 4.69) is 49.9 Å². The van der Waals surface area contributed by atoms with E-state index in [0.29, 0.717) is 18.4 Å². The smallest absolute Gasteiger partial charge is 0.405 e. The lowest BCUT2D eigenvalue weighted by Crippen LogP contribution is -2.50. The number of hydrogen-bond donors (Lipinski definition) is 5. The van der Waals surface area contributed by atoms with Crippen LogP contribution in [0, 0.1) is 5.92 Å². The van der Waals surface area contributed by atoms with Crippen molar-refractivity contribution in [3.63, 3.8) is 0 Å². The van der Waals surface area contributed by atoms with E-state index in [0.717, 1.165) is 65.1 Å². The Bertz CT molecular complexity index is 1860. The molecular formula is C35H38N8O3. The first-order chi connectivity index (χ1) is 22.3. The van der Waals surface area contributed by atoms with Gasteiger partial charge >= 0.3 is 6.09 Å². The number of hydrogen-bond acceptors (Lipinski definition) is 6. The number of carbonyl (C=O) groups is 2. The summed E-state index contributed by atoms with van der Waals surface area (Å²) in [4.78, 5) is 47.4. The van der Waals surface area contributed by atoms with Crippen molar-refractivity contribution in [1.29, 1.82) is 0 Å². The first-order valence-electron chi connectivity index (χ1n) is 16.0. The number of nitrogens with zero attached hydrogens (tertiary/aromatic N) is 4. The van der Waals surface area contributed by atoms with Crippen LogP contribution in [0.3, 0.4) is 0 Å². The lowest BCUT2D eigenvalue weighted by Gasteiger charge is -2.29. The molecule has 0 bridgehead atoms. The standard InChI is InChI=1S/C35H38N8O3/c1-20(2)32(42-35(45)46)34(44)43-14-4-6-31(43)33-39-19-30(41-33)22-9-7-21(8-10-22)28-17-38-29(18-37-28)24-12-11-23-16-27(40-26(23)15-24)25-5-3-13-36-25/h7-12,15-20,25,31-32,36,40,42H,3-6,13-14H2,1-2H3,(H,39,41)(H,45,46)/t25-,31-,32-/m0/s1. The Hall–Kier alpha value is -5.03. The summed E-state index contributed by atoms with van der Waals surface area (Å²) in [6.45, 7) is 5.31. The first-order valence-corrected chi connectivity index (χ1v) is 16.0. The fraction of sp³-hybridized carbons (Fsp3) is 0.343. The van der Waals surface area contributed by atoms with Gasteiger partial charge in [0.2, 0.25) is 5.91 Å². The Morgan fingerprint density at radius 3 is 2.33 bits per heavy atom. The number of likely N-dealkylation sites (tertiary alicyclic amines) is 1. The van der Waals surface area contributed by atoms with Gasteiger partial charge in [0.05, 0.1) is 41.7 Å². The molecule has 2 aliphatic heterocycles. The number of nitrogens with one attached hydrogen (secondary N) is 4. The van der Waals surface area contributed by atoms with Crippen LogP contribution in [0.4, 0.5) is 4.79 Å². The maximum Gasteiger partial charge on any atom is 0.405 e. The molecule has 2 aliphatic rings. The molecule has 0 unspecified atom stereocenters. The Kier molecular flexibility index (Phi) is 8.00. The van der Waals surface area contributed by atoms with Crippen molar-refractivity contribution in [3.05, 3.63) is 78.6 Å². The summed E-state index contributed by atoms with van der Waals surface area (Å²) < 4.78 is 0. The average molecular weight is 619 g/mol. The van der Waals surface area contributed by atoms with Gasteiger partial charge in [-0.15, -0.1) is 0 Å². The molecule has 0 radical (unpaired) electrons. The highest BCUT2D eigenvalue weighted by Crippen LogP contribution is 2.33. The largest absolute Gasteiger partial charge is 0.465 e. The number of aromatic amines is 2. The molecule has 5 heterocycles. The van der Waals surface area contributed by atoms with Gasteiger partial charge in [-0.3, -0.25) is 14.8 Å². The predicted octanol–water partition coefficient (Wildman–Crippen LogP) is 6.06. The van der Waals surface area contributed by atoms with Crippen LogP contribution in [0.2, 0.25) is 0 Å². The van der Waals surface area contributed by atoms with Crippen LogP contribution in [0.1, 0.15) is 63.1 Å². The van der Waals surface area contributed by atoms with Crippen molar-refractivity contribution in [2.75, 3.05) is 13.1 Å². The van der Waals surface area contributed by atoms with E-state index in [1.165, 1.54) is 17.5 Å². The van der Waals surface area contributed by atoms with E-state index in [1.54, 1.807) is 17.3 Å². The van der Waals surface area contributed by atoms with Crippen LogP contribution in [-0.4, -0.2) is 66.1 Å². The molecule has 0 aliphatic carbocycles. The van der Waals surface area contributed by atoms with E-state index in [-0.39, 0.29) is 17.9 Å². The molecule has 5 N–H and O–H groups in total. The molecule has 3 atom stereocenters. The van der Waals surface area contributed by atoms with E-state index < -0.39 is 12.1 Å². The van der Waals surface area contributed by atoms with Crippen molar-refractivity contribution in [1.82, 2.24) is 40.5 Å². The van der Waals surface area contributed by atoms with Crippen molar-refractivity contribution in [3.8, 4) is 33.8 Å². The van der Waals surface area contributed by atoms with Gasteiger partial charge in [-0.2, -0.15) is 0 Å². The highest BCUT2D eigenvalue weighted by atomic mass is 16.4. The lowest BCUT2D eigenvalue weighted by atomic mass is 10.0. The second kappa shape index (κ2) is 12.4. The molecule has 236 valence electrons. The van der Waals surface area contributed by atoms with Crippen molar-refractivity contribution in [2.45, 2.75) is 57.7 Å². The molecule has 11 nitrogen and oxygen atoms in total. The summed E-state index contributed by atoms with van der Waals surface area (Å²) in [5.41, 5.74) is 7.72. The highest BCUT2D eigenvalue weighted by Gasteiger charge is 2.37. The van der Waals surface area contributed by atoms with E-state index in [1.807, 2.05) is 44.3 Å². The molecule has 11 heteroatoms. The minimum absolute atomic E-state index is 0.169. The Labute approximate surface area is 266 Å². The van der Waals surface area contributed by atoms with Crippen LogP contribution in [0.25, 0.3) is 44.7 Å². The van der Waals surface area contributed by atoms with E-state index >= 15 is 0 Å². The molecule has 0 saturated carbocycles. The summed E-state index contributed by atoms with van der Waals surface area (Å²) >= 11 is 0. The molecular weight excluding hydrogens is 580 g/mol. The summed E-state index contributed by atoms with van der Waals surface area (Å²) in [5.74, 6) is 0.316. The first kappa shape index (κ1) is 29.7. The number of aromatic nitrogens is 5. The fourth-order valence-corrected chi connectivity index (χ4v) is 6.69. The molecule has 2 aromatic carbocycles. The quantitative estimate of drug-likeness (QED) is 0.142. The molecule has 46 heavy (non-hydrogen) atoms. The summed E-state index contributed by atoms with van der Waals surface area (Å²) in [6, 6.07) is 16.0. The van der Waals surface area contributed by atoms with E-state index in [9.17, 15) is 14.7 Å². The third-order valence-electron chi connectivity index (χ3n) is 9.18. The monoisotopic (exact) mass is 618 g/mol. The number of imidazole rings is 1. The zero-order chi connectivity index (χ0) is 31.8. The van der Waals surface area contributed by atoms with Gasteiger partial charge < -0.3 is 30.6 Å². The highest BCUT2D eigenvalue weighted by molar-refractivity contribution is 5.86. The minimum atomic E-state index is -1.20. The number of benzene rings is 2. The van der Waals surface area contributed by atoms with Crippen LogP contribution in [0.15, 0.2) is 67.1 Å². The van der Waals surface area contributed by atoms with E-state index in [4.69, 9.17) is 9.97 Å². The van der Waals surface area contributed by atoms with Gasteiger partial charge in [0.1, 0.15) is 11.9 Å². The molecule has 3 aromatic heterocycles. The zero-order valence-electron chi connectivity index (χ0n) is 26.0. The predicted molar refractivity (Wildman–Crippen MR) is 176 cm³/mol. The van der Waals surface area contributed by atoms with Crippen molar-refractivity contribution < 1.29 is 14.7 Å². The van der Waals surface area contributed by atoms with Gasteiger partial charge in [0.25, 0.3) is 0 Å². The van der Waals surface area contributed by atoms with Gasteiger partial charge in [0.15, 0.2) is 0 Å². The maximum absolute atomic E-state index is 13.3. The third kappa shape index (κ3) is 5.85. The number of rotatable bonds is 8. The van der Waals surface area contributed by atoms with Gasteiger partial charge in [-0.25, -0.2) is 9.78 Å². The summed E-state index contributed by atoms with van der Waals surface area (Å²) in [5, 5.41) is 16.4. The normalized spacial score (nSPS) is 18.8. The summed E-state index contributed by atoms with van der Waals surface area (Å²) in [7, 11) is 0. The third-order valence-corrected chi connectivity index (χ3v) is 9.18. The second-order valence-electron chi connectivity index (χ2n) is 12.6. The number of amides is 2. The SMILES string of the molecule is CC(C)[C@H](NC(=O)O)C(=O)N1CCC[C@H]1c1ncc(-c2ccc(-c3cnc(-c4ccc5cc([C@@H]6CCCN6)[nH]c5c4)cn3)cc2)[nH]1. The van der Waals surface area contributed by atoms with Crippen LogP contribution >= 0.6 is 0 Å². The van der Waals surface area contributed by atoms with Crippen LogP contribution in [-0.2, 0) is 4.79 Å². The average Bonchev–Trinajstić information content (AvgIpc) is 3.89. The maximum atomic E-state index is 13.3. The Morgan fingerprint density at radius 1 is 0.891 bits per heavy atom. The minimum Gasteiger partial charge on any atom is -0.465 e. The lowest BCUT2D eigenvalue weighted by molar-refractivity contribution is -0.135. The number of H-pyrrole nitrogens is 2. The molecule has 2 saturated heterocycles. The van der Waals surface area contributed by atoms with Crippen molar-refractivity contribution in [2.24, 2.45) is 5.92 Å². The van der Waals surface area contributed by atoms with Gasteiger partial charge in [0, 0.05) is 34.9 Å². The second-order valence-corrected chi connectivity index (χ2v) is 12.6. The molecule has 2 amide bonds. The molecule has 2 fully saturated rings. The number of carboxylic acid groups (broad SMARTS) is 1. The van der Waals surface area contributed by atoms with Gasteiger partial charge in [-0.05, 0) is 61.2 Å². The van der Waals surface area contributed by atoms with Crippen LogP contribution < -0.4 is 10.6 Å². The molecule has 0 spiro atoms. The fourth-order valence-electron chi connectivity index (χ4n) is 6.69. The van der Waals surface area contributed by atoms with Crippen LogP contribution in [0.5, 0.6) is 0 Å². The summed E-state index contributed by atoms with van der Waals surface area (Å²) in [6.07, 6.45) is 8.17. The van der Waals surface area contributed by atoms with Gasteiger partial charge in [-0.1, -0.05) is 50.2 Å². The molecule has 5 aromatic rings. The number of fused-ring (bicyclic) bond motifs is 1. The zero-order valence-corrected chi connectivity index (χ0v) is 26.0. The Morgan fingerprint density at radius 2 is 1.63 bits per heavy atom. The molecule has 7 rings (SSSR count).